The summed E-state index contributed by atoms with van der Waals surface area (Å²) >= 11 is 0. The maximum Gasteiger partial charge on any atom is 0.502 e. The van der Waals surface area contributed by atoms with Gasteiger partial charge in [-0.15, -0.1) is 0 Å². The average Bonchev–Trinajstić information content (AvgIpc) is 2.47. The number of hydrogen-bond acceptors (Lipinski definition) is 4. The Morgan fingerprint density at radius 3 is 2.05 bits per heavy atom. The second kappa shape index (κ2) is 5.82. The van der Waals surface area contributed by atoms with E-state index in [-0.39, 0.29) is 5.41 Å². The van der Waals surface area contributed by atoms with Crippen LogP contribution in [0.15, 0.2) is 0 Å². The lowest BCUT2D eigenvalue weighted by molar-refractivity contribution is -0.277. The van der Waals surface area contributed by atoms with Crippen LogP contribution in [0.4, 0.5) is 0 Å². The maximum absolute atomic E-state index is 6.42. The minimum absolute atomic E-state index is 0.0791. The molecule has 0 radical (unpaired) electrons. The number of methoxy groups -OCH3 is 1. The summed E-state index contributed by atoms with van der Waals surface area (Å²) in [7, 11) is 2.63. The smallest absolute Gasteiger partial charge is 0.377 e. The summed E-state index contributed by atoms with van der Waals surface area (Å²) in [4.78, 5) is 0. The van der Waals surface area contributed by atoms with Crippen molar-refractivity contribution in [1.82, 2.24) is 0 Å². The van der Waals surface area contributed by atoms with E-state index in [9.17, 15) is 0 Å². The lowest BCUT2D eigenvalue weighted by Crippen LogP contribution is -2.62. The summed E-state index contributed by atoms with van der Waals surface area (Å²) in [5.41, 5.74) is 0.0791. The van der Waals surface area contributed by atoms with E-state index < -0.39 is 14.6 Å². The molecule has 0 bridgehead atoms. The van der Waals surface area contributed by atoms with Crippen molar-refractivity contribution in [2.45, 2.75) is 63.7 Å². The standard InChI is InChI=1S/C14H28O4Si/c1-13(9-6-5-7-10-13)14(15-2)11-8-12-19(16-3,17-4)18-14/h5-12H2,1-4H3. The SMILES string of the molecule is COC1(C2(C)CCCCC2)CCC[Si](OC)(OC)O1. The largest absolute Gasteiger partial charge is 0.502 e. The Balaban J connectivity index is 2.26. The van der Waals surface area contributed by atoms with Crippen LogP contribution in [0, 0.1) is 5.41 Å². The molecule has 1 heterocycles. The maximum atomic E-state index is 6.42. The van der Waals surface area contributed by atoms with Crippen LogP contribution >= 0.6 is 0 Å². The molecule has 2 fully saturated rings. The quantitative estimate of drug-likeness (QED) is 0.744. The van der Waals surface area contributed by atoms with E-state index in [0.717, 1.165) is 18.9 Å². The summed E-state index contributed by atoms with van der Waals surface area (Å²) in [5.74, 6) is -0.524. The van der Waals surface area contributed by atoms with Gasteiger partial charge < -0.3 is 18.0 Å². The molecule has 1 atom stereocenters. The van der Waals surface area contributed by atoms with E-state index in [1.807, 2.05) is 0 Å². The molecule has 1 aliphatic carbocycles. The van der Waals surface area contributed by atoms with Gasteiger partial charge in [0, 0.05) is 39.2 Å². The Kier molecular flexibility index (Phi) is 4.73. The highest BCUT2D eigenvalue weighted by Crippen LogP contribution is 2.52. The first-order chi connectivity index (χ1) is 9.05. The third kappa shape index (κ3) is 2.63. The van der Waals surface area contributed by atoms with Crippen molar-refractivity contribution in [1.29, 1.82) is 0 Å². The number of rotatable bonds is 4. The molecule has 1 unspecified atom stereocenters. The molecule has 1 saturated carbocycles. The summed E-state index contributed by atoms with van der Waals surface area (Å²) in [6.45, 7) is 2.31. The predicted octanol–water partition coefficient (Wildman–Crippen LogP) is 3.34. The Morgan fingerprint density at radius 1 is 0.895 bits per heavy atom. The van der Waals surface area contributed by atoms with Gasteiger partial charge in [-0.05, 0) is 19.3 Å². The van der Waals surface area contributed by atoms with Gasteiger partial charge in [-0.3, -0.25) is 0 Å². The van der Waals surface area contributed by atoms with Crippen LogP contribution in [0.2, 0.25) is 6.04 Å². The Bertz CT molecular complexity index is 300. The van der Waals surface area contributed by atoms with Gasteiger partial charge in [0.15, 0.2) is 5.79 Å². The number of ether oxygens (including phenoxy) is 1. The second-order valence-corrected chi connectivity index (χ2v) is 9.01. The zero-order valence-electron chi connectivity index (χ0n) is 12.8. The van der Waals surface area contributed by atoms with Crippen molar-refractivity contribution in [3.63, 3.8) is 0 Å². The third-order valence-electron chi connectivity index (χ3n) is 5.14. The highest BCUT2D eigenvalue weighted by Gasteiger charge is 2.59. The van der Waals surface area contributed by atoms with E-state index >= 15 is 0 Å². The Hall–Kier alpha value is 0.0569. The van der Waals surface area contributed by atoms with Crippen LogP contribution < -0.4 is 0 Å². The van der Waals surface area contributed by atoms with Crippen LogP contribution in [-0.2, 0) is 18.0 Å². The van der Waals surface area contributed by atoms with Crippen molar-refractivity contribution in [2.24, 2.45) is 5.41 Å². The van der Waals surface area contributed by atoms with Gasteiger partial charge in [0.25, 0.3) is 0 Å². The van der Waals surface area contributed by atoms with Crippen molar-refractivity contribution >= 4 is 8.80 Å². The number of hydrogen-bond donors (Lipinski definition) is 0. The van der Waals surface area contributed by atoms with Gasteiger partial charge in [0.2, 0.25) is 0 Å². The fourth-order valence-electron chi connectivity index (χ4n) is 3.79. The molecule has 0 aromatic carbocycles. The topological polar surface area (TPSA) is 36.9 Å². The molecule has 4 nitrogen and oxygen atoms in total. The first kappa shape index (κ1) is 15.4. The van der Waals surface area contributed by atoms with Crippen LogP contribution in [0.5, 0.6) is 0 Å². The molecule has 0 N–H and O–H groups in total. The molecule has 1 aliphatic heterocycles. The molecule has 0 aromatic rings. The zero-order chi connectivity index (χ0) is 14.0. The molecule has 2 rings (SSSR count). The average molecular weight is 288 g/mol. The highest BCUT2D eigenvalue weighted by molar-refractivity contribution is 6.60. The molecular weight excluding hydrogens is 260 g/mol. The summed E-state index contributed by atoms with van der Waals surface area (Å²) in [6.07, 6.45) is 8.18. The van der Waals surface area contributed by atoms with Crippen molar-refractivity contribution in [3.8, 4) is 0 Å². The first-order valence-electron chi connectivity index (χ1n) is 7.41. The Labute approximate surface area is 118 Å². The molecule has 19 heavy (non-hydrogen) atoms. The predicted molar refractivity (Wildman–Crippen MR) is 75.8 cm³/mol. The molecule has 112 valence electrons. The molecular formula is C14H28O4Si. The van der Waals surface area contributed by atoms with Gasteiger partial charge in [-0.25, -0.2) is 0 Å². The Morgan fingerprint density at radius 2 is 1.53 bits per heavy atom. The first-order valence-corrected chi connectivity index (χ1v) is 9.34. The van der Waals surface area contributed by atoms with E-state index in [1.54, 1.807) is 21.3 Å². The molecule has 1 saturated heterocycles. The monoisotopic (exact) mass is 288 g/mol. The van der Waals surface area contributed by atoms with Crippen LogP contribution in [0.25, 0.3) is 0 Å². The van der Waals surface area contributed by atoms with Gasteiger partial charge in [-0.2, -0.15) is 0 Å². The fraction of sp³-hybridized carbons (Fsp3) is 1.00. The van der Waals surface area contributed by atoms with Crippen molar-refractivity contribution in [3.05, 3.63) is 0 Å². The van der Waals surface area contributed by atoms with E-state index in [1.165, 1.54) is 32.1 Å². The van der Waals surface area contributed by atoms with Gasteiger partial charge in [-0.1, -0.05) is 26.2 Å². The summed E-state index contributed by atoms with van der Waals surface area (Å²) in [5, 5.41) is 0. The van der Waals surface area contributed by atoms with E-state index in [4.69, 9.17) is 18.0 Å². The summed E-state index contributed by atoms with van der Waals surface area (Å²) < 4.78 is 23.6. The minimum atomic E-state index is -2.54. The van der Waals surface area contributed by atoms with Crippen LogP contribution in [-0.4, -0.2) is 35.9 Å². The zero-order valence-corrected chi connectivity index (χ0v) is 13.8. The summed E-state index contributed by atoms with van der Waals surface area (Å²) in [6, 6.07) is 0.890. The van der Waals surface area contributed by atoms with Crippen molar-refractivity contribution in [2.75, 3.05) is 21.3 Å². The lowest BCUT2D eigenvalue weighted by Gasteiger charge is -2.54. The molecule has 5 heteroatoms. The second-order valence-electron chi connectivity index (χ2n) is 6.13. The molecule has 0 spiro atoms. The third-order valence-corrected chi connectivity index (χ3v) is 7.99. The van der Waals surface area contributed by atoms with E-state index in [2.05, 4.69) is 6.92 Å². The highest BCUT2D eigenvalue weighted by atomic mass is 28.4. The van der Waals surface area contributed by atoms with Crippen LogP contribution in [0.3, 0.4) is 0 Å². The van der Waals surface area contributed by atoms with Crippen molar-refractivity contribution < 1.29 is 18.0 Å². The fourth-order valence-corrected chi connectivity index (χ4v) is 6.18. The van der Waals surface area contributed by atoms with Gasteiger partial charge >= 0.3 is 8.80 Å². The molecule has 0 aromatic heterocycles. The van der Waals surface area contributed by atoms with Gasteiger partial charge in [0.1, 0.15) is 0 Å². The molecule has 2 aliphatic rings. The van der Waals surface area contributed by atoms with Crippen LogP contribution in [0.1, 0.15) is 51.9 Å². The minimum Gasteiger partial charge on any atom is -0.377 e. The molecule has 0 amide bonds. The van der Waals surface area contributed by atoms with E-state index in [0.29, 0.717) is 0 Å². The van der Waals surface area contributed by atoms with Gasteiger partial charge in [0.05, 0.1) is 0 Å². The normalized spacial score (nSPS) is 34.1. The lowest BCUT2D eigenvalue weighted by atomic mass is 9.68.